The minimum Gasteiger partial charge on any atom is -0.381 e. The molecule has 1 aromatic heterocycles. The summed E-state index contributed by atoms with van der Waals surface area (Å²) >= 11 is 0. The first-order valence-electron chi connectivity index (χ1n) is 6.32. The third-order valence-electron chi connectivity index (χ3n) is 3.46. The van der Waals surface area contributed by atoms with Crippen molar-refractivity contribution in [2.24, 2.45) is 11.8 Å². The van der Waals surface area contributed by atoms with Gasteiger partial charge in [-0.2, -0.15) is 0 Å². The predicted octanol–water partition coefficient (Wildman–Crippen LogP) is 3.63. The lowest BCUT2D eigenvalue weighted by atomic mass is 9.80. The zero-order valence-corrected chi connectivity index (χ0v) is 10.5. The number of nitrogens with zero attached hydrogens (tertiary/aromatic N) is 1. The molecular formula is C14H22N2. The first kappa shape index (κ1) is 11.4. The fourth-order valence-corrected chi connectivity index (χ4v) is 2.85. The van der Waals surface area contributed by atoms with E-state index in [0.29, 0.717) is 6.04 Å². The molecule has 1 saturated carbocycles. The Kier molecular flexibility index (Phi) is 3.47. The second kappa shape index (κ2) is 4.86. The number of rotatable bonds is 2. The van der Waals surface area contributed by atoms with E-state index >= 15 is 0 Å². The van der Waals surface area contributed by atoms with Gasteiger partial charge >= 0.3 is 0 Å². The highest BCUT2D eigenvalue weighted by molar-refractivity contribution is 5.41. The van der Waals surface area contributed by atoms with Crippen molar-refractivity contribution in [3.63, 3.8) is 0 Å². The van der Waals surface area contributed by atoms with Crippen molar-refractivity contribution in [1.82, 2.24) is 4.98 Å². The van der Waals surface area contributed by atoms with E-state index in [-0.39, 0.29) is 0 Å². The fraction of sp³-hybridized carbons (Fsp3) is 0.643. The molecule has 0 spiro atoms. The maximum atomic E-state index is 4.32. The highest BCUT2D eigenvalue weighted by Gasteiger charge is 2.23. The van der Waals surface area contributed by atoms with Crippen LogP contribution in [-0.2, 0) is 0 Å². The van der Waals surface area contributed by atoms with Crippen molar-refractivity contribution >= 4 is 5.69 Å². The number of nitrogens with one attached hydrogen (secondary N) is 1. The summed E-state index contributed by atoms with van der Waals surface area (Å²) in [6.07, 6.45) is 5.90. The molecule has 1 N–H and O–H groups in total. The molecule has 0 bridgehead atoms. The van der Waals surface area contributed by atoms with Crippen LogP contribution in [0.3, 0.4) is 0 Å². The van der Waals surface area contributed by atoms with E-state index in [0.717, 1.165) is 23.2 Å². The molecular weight excluding hydrogens is 196 g/mol. The highest BCUT2D eigenvalue weighted by Crippen LogP contribution is 2.30. The van der Waals surface area contributed by atoms with Gasteiger partial charge in [0.15, 0.2) is 0 Å². The Morgan fingerprint density at radius 3 is 2.38 bits per heavy atom. The van der Waals surface area contributed by atoms with Crippen LogP contribution in [0.4, 0.5) is 5.69 Å². The van der Waals surface area contributed by atoms with Gasteiger partial charge in [0, 0.05) is 11.7 Å². The van der Waals surface area contributed by atoms with Crippen molar-refractivity contribution < 1.29 is 0 Å². The van der Waals surface area contributed by atoms with Crippen LogP contribution in [0.1, 0.15) is 38.8 Å². The lowest BCUT2D eigenvalue weighted by Crippen LogP contribution is -2.30. The summed E-state index contributed by atoms with van der Waals surface area (Å²) in [5.74, 6) is 1.69. The maximum Gasteiger partial charge on any atom is 0.0529 e. The number of pyridine rings is 1. The van der Waals surface area contributed by atoms with E-state index in [1.54, 1.807) is 0 Å². The fourth-order valence-electron chi connectivity index (χ4n) is 2.85. The van der Waals surface area contributed by atoms with Crippen molar-refractivity contribution in [3.8, 4) is 0 Å². The summed E-state index contributed by atoms with van der Waals surface area (Å²) in [7, 11) is 0. The largest absolute Gasteiger partial charge is 0.381 e. The van der Waals surface area contributed by atoms with Crippen molar-refractivity contribution in [1.29, 1.82) is 0 Å². The van der Waals surface area contributed by atoms with Crippen LogP contribution in [-0.4, -0.2) is 11.0 Å². The van der Waals surface area contributed by atoms with Gasteiger partial charge in [0.05, 0.1) is 11.9 Å². The standard InChI is InChI=1S/C14H22N2/c1-10-6-11(2)8-14(7-10)16-13-5-4-12(3)15-9-13/h4-5,9-11,14,16H,6-8H2,1-3H3. The van der Waals surface area contributed by atoms with Crippen LogP contribution in [0, 0.1) is 18.8 Å². The topological polar surface area (TPSA) is 24.9 Å². The van der Waals surface area contributed by atoms with Gasteiger partial charge in [-0.05, 0) is 50.2 Å². The molecule has 0 saturated heterocycles. The quantitative estimate of drug-likeness (QED) is 0.820. The van der Waals surface area contributed by atoms with Gasteiger partial charge in [-0.1, -0.05) is 13.8 Å². The lowest BCUT2D eigenvalue weighted by Gasteiger charge is -2.32. The minimum atomic E-state index is 0.628. The molecule has 0 aromatic carbocycles. The van der Waals surface area contributed by atoms with Gasteiger partial charge in [0.25, 0.3) is 0 Å². The molecule has 2 unspecified atom stereocenters. The summed E-state index contributed by atoms with van der Waals surface area (Å²) in [5, 5.41) is 3.61. The van der Waals surface area contributed by atoms with Crippen LogP contribution in [0.2, 0.25) is 0 Å². The molecule has 1 fully saturated rings. The summed E-state index contributed by atoms with van der Waals surface area (Å²) in [5.41, 5.74) is 2.24. The number of hydrogen-bond acceptors (Lipinski definition) is 2. The monoisotopic (exact) mass is 218 g/mol. The average molecular weight is 218 g/mol. The third-order valence-corrected chi connectivity index (χ3v) is 3.46. The third kappa shape index (κ3) is 2.97. The molecule has 2 nitrogen and oxygen atoms in total. The van der Waals surface area contributed by atoms with Gasteiger partial charge < -0.3 is 5.32 Å². The molecule has 2 rings (SSSR count). The summed E-state index contributed by atoms with van der Waals surface area (Å²) in [6, 6.07) is 4.83. The molecule has 2 atom stereocenters. The zero-order valence-electron chi connectivity index (χ0n) is 10.5. The Morgan fingerprint density at radius 2 is 1.81 bits per heavy atom. The van der Waals surface area contributed by atoms with Crippen LogP contribution in [0.15, 0.2) is 18.3 Å². The Bertz CT molecular complexity index is 321. The van der Waals surface area contributed by atoms with Crippen LogP contribution in [0.5, 0.6) is 0 Å². The molecule has 88 valence electrons. The van der Waals surface area contributed by atoms with Crippen LogP contribution in [0.25, 0.3) is 0 Å². The molecule has 0 radical (unpaired) electrons. The van der Waals surface area contributed by atoms with Crippen LogP contribution >= 0.6 is 0 Å². The SMILES string of the molecule is Cc1ccc(NC2CC(C)CC(C)C2)cn1. The van der Waals surface area contributed by atoms with E-state index in [9.17, 15) is 0 Å². The summed E-state index contributed by atoms with van der Waals surface area (Å²) < 4.78 is 0. The van der Waals surface area contributed by atoms with E-state index < -0.39 is 0 Å². The number of anilines is 1. The predicted molar refractivity (Wildman–Crippen MR) is 68.6 cm³/mol. The highest BCUT2D eigenvalue weighted by atomic mass is 14.9. The smallest absolute Gasteiger partial charge is 0.0529 e. The lowest BCUT2D eigenvalue weighted by molar-refractivity contribution is 0.281. The number of hydrogen-bond donors (Lipinski definition) is 1. The second-order valence-electron chi connectivity index (χ2n) is 5.45. The molecule has 1 aliphatic carbocycles. The van der Waals surface area contributed by atoms with Crippen molar-refractivity contribution in [3.05, 3.63) is 24.0 Å². The Morgan fingerprint density at radius 1 is 1.12 bits per heavy atom. The molecule has 0 aliphatic heterocycles. The Hall–Kier alpha value is -1.05. The van der Waals surface area contributed by atoms with E-state index in [1.165, 1.54) is 19.3 Å². The molecule has 16 heavy (non-hydrogen) atoms. The normalized spacial score (nSPS) is 30.1. The number of aromatic nitrogens is 1. The van der Waals surface area contributed by atoms with Crippen molar-refractivity contribution in [2.75, 3.05) is 5.32 Å². The van der Waals surface area contributed by atoms with E-state index in [2.05, 4.69) is 36.3 Å². The minimum absolute atomic E-state index is 0.628. The second-order valence-corrected chi connectivity index (χ2v) is 5.45. The van der Waals surface area contributed by atoms with Gasteiger partial charge in [-0.3, -0.25) is 4.98 Å². The van der Waals surface area contributed by atoms with E-state index in [1.807, 2.05) is 13.1 Å². The zero-order chi connectivity index (χ0) is 11.5. The van der Waals surface area contributed by atoms with Gasteiger partial charge in [-0.25, -0.2) is 0 Å². The molecule has 0 amide bonds. The summed E-state index contributed by atoms with van der Waals surface area (Å²) in [6.45, 7) is 6.74. The first-order valence-corrected chi connectivity index (χ1v) is 6.32. The Balaban J connectivity index is 1.96. The Labute approximate surface area is 98.5 Å². The van der Waals surface area contributed by atoms with Gasteiger partial charge in [-0.15, -0.1) is 0 Å². The average Bonchev–Trinajstić information content (AvgIpc) is 2.20. The molecule has 1 aromatic rings. The van der Waals surface area contributed by atoms with Gasteiger partial charge in [0.2, 0.25) is 0 Å². The molecule has 1 aliphatic rings. The number of aryl methyl sites for hydroxylation is 1. The van der Waals surface area contributed by atoms with E-state index in [4.69, 9.17) is 0 Å². The molecule has 1 heterocycles. The maximum absolute atomic E-state index is 4.32. The summed E-state index contributed by atoms with van der Waals surface area (Å²) in [4.78, 5) is 4.32. The molecule has 2 heteroatoms. The van der Waals surface area contributed by atoms with Crippen LogP contribution < -0.4 is 5.32 Å². The van der Waals surface area contributed by atoms with Crippen molar-refractivity contribution in [2.45, 2.75) is 46.1 Å². The first-order chi connectivity index (χ1) is 7.63. The van der Waals surface area contributed by atoms with Gasteiger partial charge in [0.1, 0.15) is 0 Å².